The third-order valence-electron chi connectivity index (χ3n) is 2.38. The molecule has 0 radical (unpaired) electrons. The van der Waals surface area contributed by atoms with Gasteiger partial charge >= 0.3 is 5.97 Å². The molecule has 8 heteroatoms. The maximum atomic E-state index is 10.6. The fourth-order valence-electron chi connectivity index (χ4n) is 1.57. The van der Waals surface area contributed by atoms with E-state index in [9.17, 15) is 4.79 Å². The van der Waals surface area contributed by atoms with E-state index in [1.165, 1.54) is 22.7 Å². The van der Waals surface area contributed by atoms with E-state index in [1.54, 1.807) is 6.20 Å². The van der Waals surface area contributed by atoms with Crippen LogP contribution in [0, 0.1) is 0 Å². The number of carboxylic acids is 1. The zero-order valence-electron chi connectivity index (χ0n) is 9.53. The largest absolute Gasteiger partial charge is 0.481 e. The molecule has 3 aromatic rings. The molecule has 6 nitrogen and oxygen atoms in total. The van der Waals surface area contributed by atoms with E-state index in [0.717, 1.165) is 20.5 Å². The van der Waals surface area contributed by atoms with Gasteiger partial charge in [-0.15, -0.1) is 22.7 Å². The highest BCUT2D eigenvalue weighted by atomic mass is 32.1. The Morgan fingerprint density at radius 2 is 2.26 bits per heavy atom. The molecule has 3 heterocycles. The number of aromatic nitrogens is 4. The lowest BCUT2D eigenvalue weighted by atomic mass is 10.3. The number of hydrogen-bond donors (Lipinski definition) is 2. The van der Waals surface area contributed by atoms with Gasteiger partial charge in [-0.05, 0) is 12.1 Å². The number of nitrogens with zero attached hydrogens (tertiary/aromatic N) is 3. The molecule has 0 bridgehead atoms. The van der Waals surface area contributed by atoms with E-state index < -0.39 is 5.97 Å². The van der Waals surface area contributed by atoms with Crippen LogP contribution in [-0.2, 0) is 11.2 Å². The second-order valence-corrected chi connectivity index (χ2v) is 5.76. The van der Waals surface area contributed by atoms with Crippen molar-refractivity contribution < 1.29 is 9.90 Å². The van der Waals surface area contributed by atoms with Gasteiger partial charge in [0.25, 0.3) is 0 Å². The SMILES string of the molecule is O=C(O)Cc1ccc(-c2csc(-c3cn[nH]n3)n2)s1. The number of thiazole rings is 1. The van der Waals surface area contributed by atoms with Crippen molar-refractivity contribution in [1.29, 1.82) is 0 Å². The fourth-order valence-corrected chi connectivity index (χ4v) is 3.38. The summed E-state index contributed by atoms with van der Waals surface area (Å²) in [5, 5.41) is 21.7. The lowest BCUT2D eigenvalue weighted by Crippen LogP contribution is -1.96. The van der Waals surface area contributed by atoms with E-state index in [1.807, 2.05) is 17.5 Å². The zero-order chi connectivity index (χ0) is 13.2. The van der Waals surface area contributed by atoms with Crippen molar-refractivity contribution in [1.82, 2.24) is 20.4 Å². The van der Waals surface area contributed by atoms with Crippen LogP contribution in [0.25, 0.3) is 21.3 Å². The van der Waals surface area contributed by atoms with Crippen LogP contribution in [0.1, 0.15) is 4.88 Å². The summed E-state index contributed by atoms with van der Waals surface area (Å²) < 4.78 is 0. The zero-order valence-corrected chi connectivity index (χ0v) is 11.2. The van der Waals surface area contributed by atoms with Crippen molar-refractivity contribution in [2.45, 2.75) is 6.42 Å². The highest BCUT2D eigenvalue weighted by molar-refractivity contribution is 7.16. The van der Waals surface area contributed by atoms with E-state index in [0.29, 0.717) is 5.69 Å². The third kappa shape index (κ3) is 2.54. The fraction of sp³-hybridized carbons (Fsp3) is 0.0909. The molecule has 0 aromatic carbocycles. The van der Waals surface area contributed by atoms with Gasteiger partial charge in [0.1, 0.15) is 10.7 Å². The molecule has 0 unspecified atom stereocenters. The summed E-state index contributed by atoms with van der Waals surface area (Å²) in [7, 11) is 0. The Kier molecular flexibility index (Phi) is 3.10. The molecule has 0 aliphatic rings. The Morgan fingerprint density at radius 1 is 1.37 bits per heavy atom. The van der Waals surface area contributed by atoms with Gasteiger partial charge in [-0.1, -0.05) is 0 Å². The number of H-pyrrole nitrogens is 1. The molecular weight excluding hydrogens is 284 g/mol. The van der Waals surface area contributed by atoms with Crippen molar-refractivity contribution in [2.24, 2.45) is 0 Å². The normalized spacial score (nSPS) is 10.7. The Hall–Kier alpha value is -2.06. The number of hydrogen-bond acceptors (Lipinski definition) is 6. The lowest BCUT2D eigenvalue weighted by molar-refractivity contribution is -0.136. The van der Waals surface area contributed by atoms with Gasteiger partial charge < -0.3 is 5.11 Å². The molecule has 0 saturated heterocycles. The molecule has 3 aromatic heterocycles. The average molecular weight is 292 g/mol. The highest BCUT2D eigenvalue weighted by Gasteiger charge is 2.11. The van der Waals surface area contributed by atoms with Crippen molar-refractivity contribution in [3.05, 3.63) is 28.6 Å². The number of aliphatic carboxylic acids is 1. The number of carbonyl (C=O) groups is 1. The summed E-state index contributed by atoms with van der Waals surface area (Å²) in [6, 6.07) is 3.72. The minimum atomic E-state index is -0.824. The third-order valence-corrected chi connectivity index (χ3v) is 4.35. The first-order chi connectivity index (χ1) is 9.22. The minimum Gasteiger partial charge on any atom is -0.481 e. The van der Waals surface area contributed by atoms with Gasteiger partial charge in [-0.3, -0.25) is 4.79 Å². The van der Waals surface area contributed by atoms with Crippen LogP contribution in [0.4, 0.5) is 0 Å². The van der Waals surface area contributed by atoms with Crippen LogP contribution in [0.2, 0.25) is 0 Å². The van der Waals surface area contributed by atoms with Crippen molar-refractivity contribution >= 4 is 28.6 Å². The maximum Gasteiger partial charge on any atom is 0.308 e. The van der Waals surface area contributed by atoms with Gasteiger partial charge in [0.05, 0.1) is 23.2 Å². The van der Waals surface area contributed by atoms with Crippen LogP contribution in [0.15, 0.2) is 23.7 Å². The molecule has 0 aliphatic carbocycles. The minimum absolute atomic E-state index is 0.0466. The number of carboxylic acid groups (broad SMARTS) is 1. The molecule has 96 valence electrons. The molecule has 0 atom stereocenters. The summed E-state index contributed by atoms with van der Waals surface area (Å²) >= 11 is 2.93. The standard InChI is InChI=1S/C11H8N4O2S2/c16-10(17)3-6-1-2-9(19-6)8-5-18-11(13-8)7-4-12-15-14-7/h1-2,4-5H,3H2,(H,16,17)(H,12,14,15). The molecule has 0 saturated carbocycles. The van der Waals surface area contributed by atoms with Crippen molar-refractivity contribution in [2.75, 3.05) is 0 Å². The second kappa shape index (κ2) is 4.90. The number of aromatic amines is 1. The van der Waals surface area contributed by atoms with Gasteiger partial charge in [-0.25, -0.2) is 4.98 Å². The second-order valence-electron chi connectivity index (χ2n) is 3.73. The topological polar surface area (TPSA) is 91.8 Å². The number of thiophene rings is 1. The van der Waals surface area contributed by atoms with Crippen LogP contribution in [0.3, 0.4) is 0 Å². The monoisotopic (exact) mass is 292 g/mol. The van der Waals surface area contributed by atoms with Crippen LogP contribution >= 0.6 is 22.7 Å². The predicted molar refractivity (Wildman–Crippen MR) is 72.1 cm³/mol. The molecular formula is C11H8N4O2S2. The Morgan fingerprint density at radius 3 is 3.00 bits per heavy atom. The van der Waals surface area contributed by atoms with E-state index >= 15 is 0 Å². The van der Waals surface area contributed by atoms with Crippen molar-refractivity contribution in [3.8, 4) is 21.3 Å². The van der Waals surface area contributed by atoms with Crippen LogP contribution < -0.4 is 0 Å². The molecule has 0 fully saturated rings. The summed E-state index contributed by atoms with van der Waals surface area (Å²) in [5.41, 5.74) is 1.54. The van der Waals surface area contributed by atoms with E-state index in [2.05, 4.69) is 20.4 Å². The molecule has 0 spiro atoms. The van der Waals surface area contributed by atoms with E-state index in [-0.39, 0.29) is 6.42 Å². The van der Waals surface area contributed by atoms with Crippen LogP contribution in [0.5, 0.6) is 0 Å². The van der Waals surface area contributed by atoms with Gasteiger partial charge in [0, 0.05) is 10.3 Å². The first kappa shape index (κ1) is 12.0. The molecule has 3 rings (SSSR count). The Labute approximate surface area is 115 Å². The summed E-state index contributed by atoms with van der Waals surface area (Å²) in [5.74, 6) is -0.824. The molecule has 0 amide bonds. The first-order valence-electron chi connectivity index (χ1n) is 5.35. The average Bonchev–Trinajstić information content (AvgIpc) is 3.09. The van der Waals surface area contributed by atoms with Gasteiger partial charge in [0.15, 0.2) is 0 Å². The molecule has 19 heavy (non-hydrogen) atoms. The van der Waals surface area contributed by atoms with Gasteiger partial charge in [0.2, 0.25) is 0 Å². The number of rotatable bonds is 4. The highest BCUT2D eigenvalue weighted by Crippen LogP contribution is 2.32. The predicted octanol–water partition coefficient (Wildman–Crippen LogP) is 2.28. The quantitative estimate of drug-likeness (QED) is 0.769. The Balaban J connectivity index is 1.86. The van der Waals surface area contributed by atoms with E-state index in [4.69, 9.17) is 5.11 Å². The summed E-state index contributed by atoms with van der Waals surface area (Å²) in [6.45, 7) is 0. The lowest BCUT2D eigenvalue weighted by Gasteiger charge is -1.90. The first-order valence-corrected chi connectivity index (χ1v) is 7.04. The summed E-state index contributed by atoms with van der Waals surface area (Å²) in [4.78, 5) is 16.9. The molecule has 2 N–H and O–H groups in total. The number of nitrogens with one attached hydrogen (secondary N) is 1. The maximum absolute atomic E-state index is 10.6. The summed E-state index contributed by atoms with van der Waals surface area (Å²) in [6.07, 6.45) is 1.66. The molecule has 0 aliphatic heterocycles. The van der Waals surface area contributed by atoms with Crippen molar-refractivity contribution in [3.63, 3.8) is 0 Å². The smallest absolute Gasteiger partial charge is 0.308 e. The Bertz CT molecular complexity index is 702. The van der Waals surface area contributed by atoms with Crippen LogP contribution in [-0.4, -0.2) is 31.5 Å². The van der Waals surface area contributed by atoms with Gasteiger partial charge in [-0.2, -0.15) is 15.4 Å².